The van der Waals surface area contributed by atoms with E-state index >= 15 is 0 Å². The molecule has 3 N–H and O–H groups in total. The number of benzene rings is 2. The SMILES string of the molecule is NCC(CNC(=O)[C@@H]1CCCCN1S(=O)(=O)c1ccccc1)Cc1ccccc1. The summed E-state index contributed by atoms with van der Waals surface area (Å²) < 4.78 is 27.5. The fourth-order valence-corrected chi connectivity index (χ4v) is 5.41. The minimum Gasteiger partial charge on any atom is -0.354 e. The summed E-state index contributed by atoms with van der Waals surface area (Å²) in [7, 11) is -3.70. The van der Waals surface area contributed by atoms with E-state index in [9.17, 15) is 13.2 Å². The molecule has 1 aliphatic heterocycles. The molecule has 0 aromatic heterocycles. The fraction of sp³-hybridized carbons (Fsp3) is 0.409. The number of nitrogens with zero attached hydrogens (tertiary/aromatic N) is 1. The molecule has 0 radical (unpaired) electrons. The summed E-state index contributed by atoms with van der Waals surface area (Å²) in [4.78, 5) is 13.1. The second-order valence-corrected chi connectivity index (χ2v) is 9.37. The van der Waals surface area contributed by atoms with Gasteiger partial charge in [-0.25, -0.2) is 8.42 Å². The van der Waals surface area contributed by atoms with Crippen molar-refractivity contribution in [2.24, 2.45) is 11.7 Å². The predicted octanol–water partition coefficient (Wildman–Crippen LogP) is 2.16. The van der Waals surface area contributed by atoms with E-state index in [1.807, 2.05) is 30.3 Å². The molecule has 3 rings (SSSR count). The standard InChI is InChI=1S/C22H29N3O3S/c23-16-19(15-18-9-3-1-4-10-18)17-24-22(26)21-13-7-8-14-25(21)29(27,28)20-11-5-2-6-12-20/h1-6,9-12,19,21H,7-8,13-17,23H2,(H,24,26)/t19?,21-/m0/s1. The molecule has 7 heteroatoms. The van der Waals surface area contributed by atoms with Gasteiger partial charge in [0.15, 0.2) is 0 Å². The molecule has 1 unspecified atom stereocenters. The lowest BCUT2D eigenvalue weighted by Gasteiger charge is -2.34. The molecular formula is C22H29N3O3S. The molecule has 2 aromatic carbocycles. The molecule has 6 nitrogen and oxygen atoms in total. The molecular weight excluding hydrogens is 386 g/mol. The molecule has 29 heavy (non-hydrogen) atoms. The van der Waals surface area contributed by atoms with Crippen molar-refractivity contribution in [2.45, 2.75) is 36.6 Å². The minimum absolute atomic E-state index is 0.101. The third kappa shape index (κ3) is 5.44. The number of carbonyl (C=O) groups excluding carboxylic acids is 1. The molecule has 156 valence electrons. The smallest absolute Gasteiger partial charge is 0.243 e. The maximum absolute atomic E-state index is 13.1. The Kier molecular flexibility index (Phi) is 7.41. The second kappa shape index (κ2) is 10.0. The summed E-state index contributed by atoms with van der Waals surface area (Å²) >= 11 is 0. The lowest BCUT2D eigenvalue weighted by Crippen LogP contribution is -2.52. The number of sulfonamides is 1. The van der Waals surface area contributed by atoms with Gasteiger partial charge in [-0.2, -0.15) is 4.31 Å². The van der Waals surface area contributed by atoms with Crippen LogP contribution in [0.15, 0.2) is 65.6 Å². The maximum atomic E-state index is 13.1. The van der Waals surface area contributed by atoms with Crippen molar-refractivity contribution < 1.29 is 13.2 Å². The molecule has 0 spiro atoms. The van der Waals surface area contributed by atoms with Crippen LogP contribution in [-0.2, 0) is 21.2 Å². The van der Waals surface area contributed by atoms with Gasteiger partial charge in [-0.15, -0.1) is 0 Å². The highest BCUT2D eigenvalue weighted by atomic mass is 32.2. The van der Waals surface area contributed by atoms with Crippen LogP contribution in [0.3, 0.4) is 0 Å². The number of carbonyl (C=O) groups is 1. The zero-order valence-corrected chi connectivity index (χ0v) is 17.4. The minimum atomic E-state index is -3.70. The summed E-state index contributed by atoms with van der Waals surface area (Å²) in [6.07, 6.45) is 2.90. The van der Waals surface area contributed by atoms with Crippen molar-refractivity contribution in [3.05, 3.63) is 66.2 Å². The molecule has 1 heterocycles. The van der Waals surface area contributed by atoms with Crippen molar-refractivity contribution in [1.82, 2.24) is 9.62 Å². The third-order valence-electron chi connectivity index (χ3n) is 5.37. The first-order valence-corrected chi connectivity index (χ1v) is 11.5. The Morgan fingerprint density at radius 1 is 1.07 bits per heavy atom. The second-order valence-electron chi connectivity index (χ2n) is 7.48. The quantitative estimate of drug-likeness (QED) is 0.691. The zero-order chi connectivity index (χ0) is 20.7. The summed E-state index contributed by atoms with van der Waals surface area (Å²) in [6.45, 7) is 1.24. The van der Waals surface area contributed by atoms with E-state index in [0.717, 1.165) is 19.3 Å². The van der Waals surface area contributed by atoms with E-state index in [2.05, 4.69) is 5.32 Å². The summed E-state index contributed by atoms with van der Waals surface area (Å²) in [5.74, 6) is -0.139. The zero-order valence-electron chi connectivity index (χ0n) is 16.5. The first-order chi connectivity index (χ1) is 14.0. The number of piperidine rings is 1. The number of rotatable bonds is 8. The third-order valence-corrected chi connectivity index (χ3v) is 7.29. The van der Waals surface area contributed by atoms with Crippen LogP contribution >= 0.6 is 0 Å². The number of hydrogen-bond donors (Lipinski definition) is 2. The average molecular weight is 416 g/mol. The van der Waals surface area contributed by atoms with Crippen LogP contribution in [0.1, 0.15) is 24.8 Å². The van der Waals surface area contributed by atoms with Crippen molar-refractivity contribution >= 4 is 15.9 Å². The topological polar surface area (TPSA) is 92.5 Å². The number of amides is 1. The van der Waals surface area contributed by atoms with E-state index in [0.29, 0.717) is 26.1 Å². The Hall–Kier alpha value is -2.22. The van der Waals surface area contributed by atoms with Gasteiger partial charge in [0.25, 0.3) is 0 Å². The monoisotopic (exact) mass is 415 g/mol. The molecule has 1 aliphatic rings. The first kappa shape index (κ1) is 21.5. The lowest BCUT2D eigenvalue weighted by atomic mass is 9.99. The van der Waals surface area contributed by atoms with Crippen molar-refractivity contribution in [2.75, 3.05) is 19.6 Å². The van der Waals surface area contributed by atoms with E-state index in [1.165, 1.54) is 9.87 Å². The van der Waals surface area contributed by atoms with E-state index in [-0.39, 0.29) is 16.7 Å². The molecule has 2 aromatic rings. The average Bonchev–Trinajstić information content (AvgIpc) is 2.77. The van der Waals surface area contributed by atoms with Gasteiger partial charge in [0, 0.05) is 13.1 Å². The van der Waals surface area contributed by atoms with Gasteiger partial charge in [-0.1, -0.05) is 55.0 Å². The van der Waals surface area contributed by atoms with E-state index in [4.69, 9.17) is 5.73 Å². The number of nitrogens with two attached hydrogens (primary N) is 1. The van der Waals surface area contributed by atoms with Crippen LogP contribution in [0.4, 0.5) is 0 Å². The Labute approximate surface area is 173 Å². The number of nitrogens with one attached hydrogen (secondary N) is 1. The Balaban J connectivity index is 1.66. The lowest BCUT2D eigenvalue weighted by molar-refractivity contribution is -0.125. The molecule has 0 bridgehead atoms. The van der Waals surface area contributed by atoms with Crippen LogP contribution in [-0.4, -0.2) is 44.3 Å². The summed E-state index contributed by atoms with van der Waals surface area (Å²) in [5, 5.41) is 2.95. The van der Waals surface area contributed by atoms with Crippen LogP contribution in [0.25, 0.3) is 0 Å². The Bertz CT molecular complexity index is 888. The largest absolute Gasteiger partial charge is 0.354 e. The normalized spacial score (nSPS) is 18.9. The highest BCUT2D eigenvalue weighted by Crippen LogP contribution is 2.25. The van der Waals surface area contributed by atoms with Crippen molar-refractivity contribution in [3.8, 4) is 0 Å². The van der Waals surface area contributed by atoms with Gasteiger partial charge in [-0.05, 0) is 49.4 Å². The highest BCUT2D eigenvalue weighted by molar-refractivity contribution is 7.89. The van der Waals surface area contributed by atoms with Crippen LogP contribution < -0.4 is 11.1 Å². The molecule has 1 fully saturated rings. The first-order valence-electron chi connectivity index (χ1n) is 10.1. The van der Waals surface area contributed by atoms with E-state index < -0.39 is 16.1 Å². The van der Waals surface area contributed by atoms with Gasteiger partial charge in [-0.3, -0.25) is 4.79 Å². The molecule has 1 saturated heterocycles. The van der Waals surface area contributed by atoms with Crippen LogP contribution in [0, 0.1) is 5.92 Å². The number of hydrogen-bond acceptors (Lipinski definition) is 4. The van der Waals surface area contributed by atoms with Gasteiger partial charge in [0.05, 0.1) is 4.90 Å². The molecule has 0 saturated carbocycles. The van der Waals surface area contributed by atoms with Gasteiger partial charge < -0.3 is 11.1 Å². The van der Waals surface area contributed by atoms with Gasteiger partial charge in [0.2, 0.25) is 15.9 Å². The molecule has 1 amide bonds. The molecule has 0 aliphatic carbocycles. The van der Waals surface area contributed by atoms with Crippen LogP contribution in [0.5, 0.6) is 0 Å². The maximum Gasteiger partial charge on any atom is 0.243 e. The predicted molar refractivity (Wildman–Crippen MR) is 114 cm³/mol. The van der Waals surface area contributed by atoms with E-state index in [1.54, 1.807) is 30.3 Å². The highest BCUT2D eigenvalue weighted by Gasteiger charge is 2.37. The Morgan fingerprint density at radius 3 is 2.38 bits per heavy atom. The van der Waals surface area contributed by atoms with Crippen molar-refractivity contribution in [1.29, 1.82) is 0 Å². The fourth-order valence-electron chi connectivity index (χ4n) is 3.73. The van der Waals surface area contributed by atoms with Crippen molar-refractivity contribution in [3.63, 3.8) is 0 Å². The van der Waals surface area contributed by atoms with Gasteiger partial charge >= 0.3 is 0 Å². The van der Waals surface area contributed by atoms with Crippen LogP contribution in [0.2, 0.25) is 0 Å². The summed E-state index contributed by atoms with van der Waals surface area (Å²) in [5.41, 5.74) is 7.07. The Morgan fingerprint density at radius 2 is 1.72 bits per heavy atom. The molecule has 2 atom stereocenters. The van der Waals surface area contributed by atoms with Gasteiger partial charge in [0.1, 0.15) is 6.04 Å². The summed E-state index contributed by atoms with van der Waals surface area (Å²) in [6, 6.07) is 17.6.